The Labute approximate surface area is 131 Å². The number of carbonyl (C=O) groups is 1. The number of nitrogens with zero attached hydrogens (tertiary/aromatic N) is 1. The van der Waals surface area contributed by atoms with E-state index in [-0.39, 0.29) is 11.7 Å². The van der Waals surface area contributed by atoms with Gasteiger partial charge in [0.25, 0.3) is 5.91 Å². The first-order chi connectivity index (χ1) is 10.1. The predicted molar refractivity (Wildman–Crippen MR) is 83.4 cm³/mol. The standard InChI is InChI=1S/C17H15BrFNO/c18-14-5-3-13(4-6-14)17(21)20(16-9-10-16)11-12-1-7-15(19)8-2-12/h1-8,16H,9-11H2. The summed E-state index contributed by atoms with van der Waals surface area (Å²) in [4.78, 5) is 14.5. The lowest BCUT2D eigenvalue weighted by molar-refractivity contribution is 0.0730. The van der Waals surface area contributed by atoms with Crippen molar-refractivity contribution in [3.8, 4) is 0 Å². The van der Waals surface area contributed by atoms with E-state index in [0.29, 0.717) is 18.2 Å². The molecule has 0 aliphatic heterocycles. The van der Waals surface area contributed by atoms with Gasteiger partial charge in [-0.05, 0) is 54.8 Å². The Morgan fingerprint density at radius 1 is 1.10 bits per heavy atom. The van der Waals surface area contributed by atoms with Crippen molar-refractivity contribution in [3.05, 3.63) is 69.9 Å². The Morgan fingerprint density at radius 3 is 2.29 bits per heavy atom. The third-order valence-corrected chi connectivity index (χ3v) is 4.13. The summed E-state index contributed by atoms with van der Waals surface area (Å²) >= 11 is 3.37. The largest absolute Gasteiger partial charge is 0.331 e. The monoisotopic (exact) mass is 347 g/mol. The summed E-state index contributed by atoms with van der Waals surface area (Å²) in [5.74, 6) is -0.217. The van der Waals surface area contributed by atoms with Crippen LogP contribution in [0.25, 0.3) is 0 Å². The quantitative estimate of drug-likeness (QED) is 0.802. The smallest absolute Gasteiger partial charge is 0.254 e. The SMILES string of the molecule is O=C(c1ccc(Br)cc1)N(Cc1ccc(F)cc1)C1CC1. The Morgan fingerprint density at radius 2 is 1.71 bits per heavy atom. The van der Waals surface area contributed by atoms with E-state index in [9.17, 15) is 9.18 Å². The molecule has 2 aromatic rings. The second kappa shape index (κ2) is 5.98. The van der Waals surface area contributed by atoms with Gasteiger partial charge < -0.3 is 4.90 Å². The van der Waals surface area contributed by atoms with E-state index in [1.807, 2.05) is 29.2 Å². The van der Waals surface area contributed by atoms with Gasteiger partial charge in [-0.2, -0.15) is 0 Å². The summed E-state index contributed by atoms with van der Waals surface area (Å²) in [5, 5.41) is 0. The molecule has 0 unspecified atom stereocenters. The Bertz CT molecular complexity index is 635. The fourth-order valence-corrected chi connectivity index (χ4v) is 2.56. The molecule has 0 bridgehead atoms. The van der Waals surface area contributed by atoms with Gasteiger partial charge in [-0.1, -0.05) is 28.1 Å². The molecule has 4 heteroatoms. The molecular weight excluding hydrogens is 333 g/mol. The first kappa shape index (κ1) is 14.3. The highest BCUT2D eigenvalue weighted by Gasteiger charge is 2.33. The minimum absolute atomic E-state index is 0.0364. The zero-order chi connectivity index (χ0) is 14.8. The molecular formula is C17H15BrFNO. The fraction of sp³-hybridized carbons (Fsp3) is 0.235. The van der Waals surface area contributed by atoms with Crippen molar-refractivity contribution in [2.45, 2.75) is 25.4 Å². The topological polar surface area (TPSA) is 20.3 Å². The fourth-order valence-electron chi connectivity index (χ4n) is 2.30. The van der Waals surface area contributed by atoms with E-state index in [4.69, 9.17) is 0 Å². The maximum Gasteiger partial charge on any atom is 0.254 e. The number of carbonyl (C=O) groups excluding carboxylic acids is 1. The van der Waals surface area contributed by atoms with E-state index < -0.39 is 0 Å². The summed E-state index contributed by atoms with van der Waals surface area (Å²) in [5.41, 5.74) is 1.64. The van der Waals surface area contributed by atoms with Crippen LogP contribution in [0.1, 0.15) is 28.8 Å². The highest BCUT2D eigenvalue weighted by molar-refractivity contribution is 9.10. The molecule has 0 atom stereocenters. The van der Waals surface area contributed by atoms with E-state index in [1.165, 1.54) is 12.1 Å². The normalized spacial score (nSPS) is 14.0. The Hall–Kier alpha value is -1.68. The number of benzene rings is 2. The molecule has 1 aliphatic carbocycles. The van der Waals surface area contributed by atoms with Gasteiger partial charge >= 0.3 is 0 Å². The van der Waals surface area contributed by atoms with E-state index >= 15 is 0 Å². The second-order valence-corrected chi connectivity index (χ2v) is 6.21. The summed E-state index contributed by atoms with van der Waals surface area (Å²) < 4.78 is 13.9. The third-order valence-electron chi connectivity index (χ3n) is 3.61. The zero-order valence-corrected chi connectivity index (χ0v) is 13.0. The van der Waals surface area contributed by atoms with Crippen LogP contribution in [-0.4, -0.2) is 16.8 Å². The van der Waals surface area contributed by atoms with E-state index in [1.54, 1.807) is 12.1 Å². The van der Waals surface area contributed by atoms with Gasteiger partial charge in [0.05, 0.1) is 0 Å². The van der Waals surface area contributed by atoms with Crippen LogP contribution in [0.4, 0.5) is 4.39 Å². The van der Waals surface area contributed by atoms with Gasteiger partial charge in [0.15, 0.2) is 0 Å². The van der Waals surface area contributed by atoms with Crippen LogP contribution < -0.4 is 0 Å². The highest BCUT2D eigenvalue weighted by Crippen LogP contribution is 2.30. The Balaban J connectivity index is 1.79. The van der Waals surface area contributed by atoms with Crippen LogP contribution in [0, 0.1) is 5.82 Å². The first-order valence-corrected chi connectivity index (χ1v) is 7.74. The molecule has 0 spiro atoms. The van der Waals surface area contributed by atoms with Crippen LogP contribution in [0.5, 0.6) is 0 Å². The zero-order valence-electron chi connectivity index (χ0n) is 11.4. The maximum absolute atomic E-state index is 13.0. The van der Waals surface area contributed by atoms with Gasteiger partial charge in [-0.3, -0.25) is 4.79 Å². The number of rotatable bonds is 4. The van der Waals surface area contributed by atoms with Gasteiger partial charge in [-0.15, -0.1) is 0 Å². The van der Waals surface area contributed by atoms with Crippen LogP contribution in [0.2, 0.25) is 0 Å². The minimum atomic E-state index is -0.254. The van der Waals surface area contributed by atoms with Crippen molar-refractivity contribution in [1.29, 1.82) is 0 Å². The van der Waals surface area contributed by atoms with Crippen molar-refractivity contribution in [3.63, 3.8) is 0 Å². The maximum atomic E-state index is 13.0. The van der Waals surface area contributed by atoms with Gasteiger partial charge in [0, 0.05) is 22.6 Å². The number of amides is 1. The van der Waals surface area contributed by atoms with Crippen LogP contribution >= 0.6 is 15.9 Å². The van der Waals surface area contributed by atoms with Crippen molar-refractivity contribution >= 4 is 21.8 Å². The predicted octanol–water partition coefficient (Wildman–Crippen LogP) is 4.39. The lowest BCUT2D eigenvalue weighted by Gasteiger charge is -2.22. The summed E-state index contributed by atoms with van der Waals surface area (Å²) in [6.07, 6.45) is 2.09. The van der Waals surface area contributed by atoms with Crippen LogP contribution in [0.15, 0.2) is 53.0 Å². The molecule has 2 aromatic carbocycles. The van der Waals surface area contributed by atoms with Crippen molar-refractivity contribution in [2.24, 2.45) is 0 Å². The van der Waals surface area contributed by atoms with E-state index in [0.717, 1.165) is 22.9 Å². The highest BCUT2D eigenvalue weighted by atomic mass is 79.9. The molecule has 1 amide bonds. The molecule has 1 fully saturated rings. The number of hydrogen-bond donors (Lipinski definition) is 0. The van der Waals surface area contributed by atoms with Crippen LogP contribution in [-0.2, 0) is 6.54 Å². The molecule has 108 valence electrons. The summed E-state index contributed by atoms with van der Waals surface area (Å²) in [7, 11) is 0. The molecule has 3 rings (SSSR count). The van der Waals surface area contributed by atoms with Gasteiger partial charge in [-0.25, -0.2) is 4.39 Å². The van der Waals surface area contributed by atoms with Crippen molar-refractivity contribution in [2.75, 3.05) is 0 Å². The second-order valence-electron chi connectivity index (χ2n) is 5.30. The molecule has 0 aromatic heterocycles. The minimum Gasteiger partial charge on any atom is -0.331 e. The molecule has 0 N–H and O–H groups in total. The van der Waals surface area contributed by atoms with Crippen molar-refractivity contribution in [1.82, 2.24) is 4.90 Å². The van der Waals surface area contributed by atoms with Gasteiger partial charge in [0.2, 0.25) is 0 Å². The first-order valence-electron chi connectivity index (χ1n) is 6.94. The summed E-state index contributed by atoms with van der Waals surface area (Å²) in [6, 6.07) is 14.0. The van der Waals surface area contributed by atoms with Gasteiger partial charge in [0.1, 0.15) is 5.82 Å². The number of hydrogen-bond acceptors (Lipinski definition) is 1. The summed E-state index contributed by atoms with van der Waals surface area (Å²) in [6.45, 7) is 0.528. The lowest BCUT2D eigenvalue weighted by atomic mass is 10.1. The molecule has 0 heterocycles. The average molecular weight is 348 g/mol. The number of halogens is 2. The molecule has 0 radical (unpaired) electrons. The molecule has 1 aliphatic rings. The molecule has 21 heavy (non-hydrogen) atoms. The molecule has 1 saturated carbocycles. The lowest BCUT2D eigenvalue weighted by Crippen LogP contribution is -2.32. The Kier molecular flexibility index (Phi) is 4.06. The van der Waals surface area contributed by atoms with Crippen LogP contribution in [0.3, 0.4) is 0 Å². The van der Waals surface area contributed by atoms with Crippen molar-refractivity contribution < 1.29 is 9.18 Å². The van der Waals surface area contributed by atoms with E-state index in [2.05, 4.69) is 15.9 Å². The average Bonchev–Trinajstić information content (AvgIpc) is 3.31. The third kappa shape index (κ3) is 3.50. The molecule has 2 nitrogen and oxygen atoms in total. The molecule has 0 saturated heterocycles.